The second kappa shape index (κ2) is 5.66. The molecule has 0 spiro atoms. The molecule has 8 heteroatoms. The number of pyridine rings is 1. The monoisotopic (exact) mass is 305 g/mol. The Labute approximate surface area is 125 Å². The standard InChI is InChI=1S/C13H15N5O2S/c14-17-13-7-8(18(19)20)6-12(16-13)15-10-2-1-3-11-9(10)4-5-21-11/h4-7,10H,1-3,14H2,(H2,15,16,17). The van der Waals surface area contributed by atoms with Gasteiger partial charge in [-0.3, -0.25) is 10.1 Å². The van der Waals surface area contributed by atoms with Gasteiger partial charge in [0.1, 0.15) is 11.6 Å². The number of hydrazine groups is 1. The highest BCUT2D eigenvalue weighted by Crippen LogP contribution is 2.35. The zero-order valence-corrected chi connectivity index (χ0v) is 12.0. The average molecular weight is 305 g/mol. The highest BCUT2D eigenvalue weighted by atomic mass is 32.1. The second-order valence-electron chi connectivity index (χ2n) is 4.89. The summed E-state index contributed by atoms with van der Waals surface area (Å²) in [6, 6.07) is 4.99. The van der Waals surface area contributed by atoms with Gasteiger partial charge in [0.25, 0.3) is 5.69 Å². The zero-order valence-electron chi connectivity index (χ0n) is 11.2. The first-order chi connectivity index (χ1) is 10.2. The van der Waals surface area contributed by atoms with E-state index in [9.17, 15) is 10.1 Å². The fourth-order valence-corrected chi connectivity index (χ4v) is 3.57. The van der Waals surface area contributed by atoms with Gasteiger partial charge in [0.15, 0.2) is 0 Å². The summed E-state index contributed by atoms with van der Waals surface area (Å²) in [7, 11) is 0. The van der Waals surface area contributed by atoms with Crippen molar-refractivity contribution in [3.63, 3.8) is 0 Å². The predicted molar refractivity (Wildman–Crippen MR) is 82.3 cm³/mol. The Morgan fingerprint density at radius 2 is 2.24 bits per heavy atom. The Bertz CT molecular complexity index is 672. The second-order valence-corrected chi connectivity index (χ2v) is 5.89. The molecule has 0 bridgehead atoms. The SMILES string of the molecule is NNc1cc([N+](=O)[O-])cc(NC2CCCc3sccc32)n1. The highest BCUT2D eigenvalue weighted by molar-refractivity contribution is 7.10. The molecule has 1 aliphatic carbocycles. The number of aryl methyl sites for hydroxylation is 1. The van der Waals surface area contributed by atoms with Crippen LogP contribution < -0.4 is 16.6 Å². The molecule has 0 radical (unpaired) electrons. The van der Waals surface area contributed by atoms with Crippen LogP contribution >= 0.6 is 11.3 Å². The maximum absolute atomic E-state index is 11.0. The topological polar surface area (TPSA) is 106 Å². The molecule has 3 rings (SSSR count). The van der Waals surface area contributed by atoms with Crippen LogP contribution in [-0.4, -0.2) is 9.91 Å². The minimum atomic E-state index is -0.454. The number of nitrogens with one attached hydrogen (secondary N) is 2. The van der Waals surface area contributed by atoms with Crippen LogP contribution in [0.4, 0.5) is 17.3 Å². The molecule has 1 aliphatic rings. The number of nitrogens with two attached hydrogens (primary N) is 1. The molecule has 0 aliphatic heterocycles. The number of hydrogen-bond donors (Lipinski definition) is 3. The summed E-state index contributed by atoms with van der Waals surface area (Å²) in [6.45, 7) is 0. The molecule has 4 N–H and O–H groups in total. The minimum Gasteiger partial charge on any atom is -0.363 e. The van der Waals surface area contributed by atoms with Crippen molar-refractivity contribution >= 4 is 28.7 Å². The van der Waals surface area contributed by atoms with E-state index in [2.05, 4.69) is 27.2 Å². The summed E-state index contributed by atoms with van der Waals surface area (Å²) in [5.74, 6) is 6.05. The van der Waals surface area contributed by atoms with Crippen LogP contribution in [0.5, 0.6) is 0 Å². The first-order valence-electron chi connectivity index (χ1n) is 6.63. The molecular formula is C13H15N5O2S. The molecule has 2 heterocycles. The number of hydrogen-bond acceptors (Lipinski definition) is 7. The van der Waals surface area contributed by atoms with Gasteiger partial charge in [0, 0.05) is 4.88 Å². The van der Waals surface area contributed by atoms with Crippen LogP contribution in [0, 0.1) is 10.1 Å². The number of nitrogen functional groups attached to an aromatic ring is 1. The van der Waals surface area contributed by atoms with Crippen LogP contribution in [0.3, 0.4) is 0 Å². The smallest absolute Gasteiger partial charge is 0.276 e. The Hall–Kier alpha value is -2.19. The highest BCUT2D eigenvalue weighted by Gasteiger charge is 2.22. The van der Waals surface area contributed by atoms with Crippen molar-refractivity contribution in [3.8, 4) is 0 Å². The van der Waals surface area contributed by atoms with E-state index in [1.807, 2.05) is 0 Å². The van der Waals surface area contributed by atoms with E-state index < -0.39 is 4.92 Å². The van der Waals surface area contributed by atoms with Crippen LogP contribution in [0.15, 0.2) is 23.6 Å². The van der Waals surface area contributed by atoms with E-state index >= 15 is 0 Å². The van der Waals surface area contributed by atoms with E-state index in [0.29, 0.717) is 5.82 Å². The lowest BCUT2D eigenvalue weighted by Gasteiger charge is -2.24. The predicted octanol–water partition coefficient (Wildman–Crippen LogP) is 2.83. The lowest BCUT2D eigenvalue weighted by atomic mass is 9.94. The molecule has 0 fully saturated rings. The van der Waals surface area contributed by atoms with Crippen molar-refractivity contribution in [2.75, 3.05) is 10.7 Å². The number of nitrogens with zero attached hydrogens (tertiary/aromatic N) is 2. The quantitative estimate of drug-likeness (QED) is 0.455. The van der Waals surface area contributed by atoms with Gasteiger partial charge >= 0.3 is 0 Å². The van der Waals surface area contributed by atoms with Crippen LogP contribution in [0.1, 0.15) is 29.3 Å². The fourth-order valence-electron chi connectivity index (χ4n) is 2.58. The number of thiophene rings is 1. The lowest BCUT2D eigenvalue weighted by molar-refractivity contribution is -0.384. The van der Waals surface area contributed by atoms with Crippen molar-refractivity contribution < 1.29 is 4.92 Å². The Morgan fingerprint density at radius 1 is 1.43 bits per heavy atom. The van der Waals surface area contributed by atoms with E-state index in [1.165, 1.54) is 22.6 Å². The summed E-state index contributed by atoms with van der Waals surface area (Å²) in [5.41, 5.74) is 3.59. The summed E-state index contributed by atoms with van der Waals surface area (Å²) in [5, 5.41) is 16.3. The van der Waals surface area contributed by atoms with Crippen LogP contribution in [-0.2, 0) is 6.42 Å². The number of fused-ring (bicyclic) bond motifs is 1. The van der Waals surface area contributed by atoms with Gasteiger partial charge in [-0.25, -0.2) is 10.8 Å². The van der Waals surface area contributed by atoms with Gasteiger partial charge in [0.05, 0.1) is 23.1 Å². The molecule has 110 valence electrons. The Balaban J connectivity index is 1.89. The maximum Gasteiger partial charge on any atom is 0.276 e. The molecule has 0 saturated carbocycles. The summed E-state index contributed by atoms with van der Waals surface area (Å²) < 4.78 is 0. The fraction of sp³-hybridized carbons (Fsp3) is 0.308. The van der Waals surface area contributed by atoms with Gasteiger partial charge in [-0.15, -0.1) is 11.3 Å². The molecule has 1 unspecified atom stereocenters. The average Bonchev–Trinajstić information content (AvgIpc) is 2.96. The van der Waals surface area contributed by atoms with Gasteiger partial charge in [-0.2, -0.15) is 0 Å². The third-order valence-electron chi connectivity index (χ3n) is 3.54. The Kier molecular flexibility index (Phi) is 3.72. The number of rotatable bonds is 4. The van der Waals surface area contributed by atoms with Gasteiger partial charge in [-0.05, 0) is 36.3 Å². The minimum absolute atomic E-state index is 0.0400. The number of aromatic nitrogens is 1. The van der Waals surface area contributed by atoms with E-state index in [-0.39, 0.29) is 17.5 Å². The van der Waals surface area contributed by atoms with Crippen molar-refractivity contribution in [3.05, 3.63) is 44.1 Å². The van der Waals surface area contributed by atoms with Crippen molar-refractivity contribution in [2.45, 2.75) is 25.3 Å². The largest absolute Gasteiger partial charge is 0.363 e. The van der Waals surface area contributed by atoms with Crippen molar-refractivity contribution in [2.24, 2.45) is 5.84 Å². The van der Waals surface area contributed by atoms with Crippen LogP contribution in [0.2, 0.25) is 0 Å². The molecule has 7 nitrogen and oxygen atoms in total. The van der Waals surface area contributed by atoms with Crippen molar-refractivity contribution in [1.82, 2.24) is 4.98 Å². The third kappa shape index (κ3) is 2.81. The molecule has 0 amide bonds. The summed E-state index contributed by atoms with van der Waals surface area (Å²) in [4.78, 5) is 16.1. The molecule has 0 saturated heterocycles. The number of nitro groups is 1. The van der Waals surface area contributed by atoms with E-state index in [0.717, 1.165) is 19.3 Å². The van der Waals surface area contributed by atoms with Gasteiger partial charge in [0.2, 0.25) is 0 Å². The Morgan fingerprint density at radius 3 is 3.00 bits per heavy atom. The van der Waals surface area contributed by atoms with Crippen LogP contribution in [0.25, 0.3) is 0 Å². The third-order valence-corrected chi connectivity index (χ3v) is 4.54. The molecule has 0 aromatic carbocycles. The van der Waals surface area contributed by atoms with Gasteiger partial charge < -0.3 is 10.7 Å². The zero-order chi connectivity index (χ0) is 14.8. The first kappa shape index (κ1) is 13.8. The number of anilines is 2. The van der Waals surface area contributed by atoms with E-state index in [4.69, 9.17) is 5.84 Å². The lowest BCUT2D eigenvalue weighted by Crippen LogP contribution is -2.17. The summed E-state index contributed by atoms with van der Waals surface area (Å²) in [6.07, 6.45) is 3.19. The van der Waals surface area contributed by atoms with Crippen molar-refractivity contribution in [1.29, 1.82) is 0 Å². The molecule has 2 aromatic heterocycles. The summed E-state index contributed by atoms with van der Waals surface area (Å²) >= 11 is 1.75. The molecule has 1 atom stereocenters. The first-order valence-corrected chi connectivity index (χ1v) is 7.51. The van der Waals surface area contributed by atoms with Gasteiger partial charge in [-0.1, -0.05) is 0 Å². The molecule has 21 heavy (non-hydrogen) atoms. The molecular weight excluding hydrogens is 290 g/mol. The molecule has 2 aromatic rings. The maximum atomic E-state index is 11.0. The van der Waals surface area contributed by atoms with E-state index in [1.54, 1.807) is 11.3 Å². The normalized spacial score (nSPS) is 17.1.